The Hall–Kier alpha value is -1.25. The van der Waals surface area contributed by atoms with Crippen LogP contribution in [-0.2, 0) is 0 Å². The van der Waals surface area contributed by atoms with Crippen molar-refractivity contribution in [3.63, 3.8) is 0 Å². The van der Waals surface area contributed by atoms with E-state index >= 15 is 0 Å². The van der Waals surface area contributed by atoms with E-state index in [9.17, 15) is 0 Å². The van der Waals surface area contributed by atoms with Gasteiger partial charge in [0.15, 0.2) is 0 Å². The van der Waals surface area contributed by atoms with Gasteiger partial charge in [-0.25, -0.2) is 0 Å². The molecule has 0 fully saturated rings. The molecule has 0 atom stereocenters. The number of benzene rings is 1. The van der Waals surface area contributed by atoms with Crippen LogP contribution in [0.15, 0.2) is 24.9 Å². The van der Waals surface area contributed by atoms with Gasteiger partial charge >= 0.3 is 0 Å². The lowest BCUT2D eigenvalue weighted by molar-refractivity contribution is 1.40. The number of nitrogens with one attached hydrogen (secondary N) is 1. The van der Waals surface area contributed by atoms with E-state index in [4.69, 9.17) is 23.2 Å². The quantitative estimate of drug-likeness (QED) is 0.866. The molecule has 0 radical (unpaired) electrons. The molecule has 0 amide bonds. The molecular formula is C12H10Cl2N2. The van der Waals surface area contributed by atoms with E-state index in [0.717, 1.165) is 16.6 Å². The summed E-state index contributed by atoms with van der Waals surface area (Å²) in [5, 5.41) is 5.05. The highest BCUT2D eigenvalue weighted by atomic mass is 35.5. The number of hydrogen-bond donors (Lipinski definition) is 1. The predicted octanol–water partition coefficient (Wildman–Crippen LogP) is 4.23. The van der Waals surface area contributed by atoms with Gasteiger partial charge in [0.25, 0.3) is 0 Å². The van der Waals surface area contributed by atoms with Gasteiger partial charge in [-0.2, -0.15) is 0 Å². The first-order chi connectivity index (χ1) is 7.70. The summed E-state index contributed by atoms with van der Waals surface area (Å²) in [7, 11) is 1.80. The molecule has 82 valence electrons. The molecule has 0 spiro atoms. The largest absolute Gasteiger partial charge is 0.386 e. The lowest BCUT2D eigenvalue weighted by Crippen LogP contribution is -1.96. The molecular weight excluding hydrogens is 243 g/mol. The van der Waals surface area contributed by atoms with Gasteiger partial charge in [0.2, 0.25) is 0 Å². The van der Waals surface area contributed by atoms with Crippen LogP contribution in [0.1, 0.15) is 5.56 Å². The van der Waals surface area contributed by atoms with Crippen LogP contribution in [0.3, 0.4) is 0 Å². The lowest BCUT2D eigenvalue weighted by atomic mass is 10.1. The minimum atomic E-state index is 0.569. The van der Waals surface area contributed by atoms with E-state index in [0.29, 0.717) is 15.6 Å². The number of anilines is 1. The smallest absolute Gasteiger partial charge is 0.0910 e. The number of aromatic nitrogens is 1. The second kappa shape index (κ2) is 4.32. The third kappa shape index (κ3) is 1.55. The van der Waals surface area contributed by atoms with Gasteiger partial charge in [0, 0.05) is 24.2 Å². The molecule has 0 saturated heterocycles. The Bertz CT molecular complexity index is 564. The molecule has 0 unspecified atom stereocenters. The molecule has 2 nitrogen and oxygen atoms in total. The summed E-state index contributed by atoms with van der Waals surface area (Å²) in [6.07, 6.45) is 3.37. The van der Waals surface area contributed by atoms with Crippen LogP contribution in [0.2, 0.25) is 10.0 Å². The maximum Gasteiger partial charge on any atom is 0.0910 e. The van der Waals surface area contributed by atoms with Crippen LogP contribution < -0.4 is 5.32 Å². The zero-order chi connectivity index (χ0) is 11.7. The number of rotatable bonds is 2. The van der Waals surface area contributed by atoms with E-state index in [1.165, 1.54) is 0 Å². The van der Waals surface area contributed by atoms with E-state index in [1.807, 2.05) is 12.1 Å². The van der Waals surface area contributed by atoms with Gasteiger partial charge in [0.1, 0.15) is 0 Å². The third-order valence-electron chi connectivity index (χ3n) is 2.43. The van der Waals surface area contributed by atoms with E-state index in [-0.39, 0.29) is 0 Å². The molecule has 0 aliphatic heterocycles. The second-order valence-corrected chi connectivity index (χ2v) is 4.03. The van der Waals surface area contributed by atoms with Crippen molar-refractivity contribution in [2.24, 2.45) is 0 Å². The highest BCUT2D eigenvalue weighted by Crippen LogP contribution is 2.39. The fourth-order valence-electron chi connectivity index (χ4n) is 1.68. The highest BCUT2D eigenvalue weighted by molar-refractivity contribution is 6.43. The zero-order valence-electron chi connectivity index (χ0n) is 8.72. The van der Waals surface area contributed by atoms with E-state index in [1.54, 1.807) is 19.3 Å². The first-order valence-corrected chi connectivity index (χ1v) is 5.52. The van der Waals surface area contributed by atoms with Crippen LogP contribution in [-0.4, -0.2) is 12.0 Å². The summed E-state index contributed by atoms with van der Waals surface area (Å²) in [6.45, 7) is 3.74. The number of halogens is 2. The van der Waals surface area contributed by atoms with Crippen LogP contribution in [0.4, 0.5) is 5.69 Å². The van der Waals surface area contributed by atoms with Crippen molar-refractivity contribution >= 4 is 45.9 Å². The van der Waals surface area contributed by atoms with Gasteiger partial charge in [0.05, 0.1) is 21.2 Å². The average Bonchev–Trinajstić information content (AvgIpc) is 2.33. The van der Waals surface area contributed by atoms with Crippen LogP contribution in [0.25, 0.3) is 17.0 Å². The Balaban J connectivity index is 2.98. The van der Waals surface area contributed by atoms with Crippen molar-refractivity contribution in [3.05, 3.63) is 40.5 Å². The van der Waals surface area contributed by atoms with Gasteiger partial charge in [-0.15, -0.1) is 0 Å². The molecule has 0 bridgehead atoms. The minimum Gasteiger partial charge on any atom is -0.386 e. The first-order valence-electron chi connectivity index (χ1n) is 4.76. The van der Waals surface area contributed by atoms with E-state index < -0.39 is 0 Å². The maximum atomic E-state index is 6.29. The summed E-state index contributed by atoms with van der Waals surface area (Å²) < 4.78 is 0. The van der Waals surface area contributed by atoms with Crippen molar-refractivity contribution in [3.8, 4) is 0 Å². The number of pyridine rings is 1. The molecule has 16 heavy (non-hydrogen) atoms. The predicted molar refractivity (Wildman–Crippen MR) is 71.4 cm³/mol. The topological polar surface area (TPSA) is 24.9 Å². The summed E-state index contributed by atoms with van der Waals surface area (Å²) >= 11 is 12.6. The van der Waals surface area contributed by atoms with Crippen molar-refractivity contribution in [2.45, 2.75) is 0 Å². The normalized spacial score (nSPS) is 10.4. The standard InChI is InChI=1S/C12H10Cl2N2/c1-3-7-9(13)12-8(5-4-6-16-12)10(14)11(7)15-2/h3-6,15H,1H2,2H3. The monoisotopic (exact) mass is 252 g/mol. The molecule has 0 saturated carbocycles. The molecule has 0 aliphatic carbocycles. The second-order valence-electron chi connectivity index (χ2n) is 3.27. The Kier molecular flexibility index (Phi) is 3.03. The van der Waals surface area contributed by atoms with Crippen molar-refractivity contribution in [1.29, 1.82) is 0 Å². The number of nitrogens with zero attached hydrogens (tertiary/aromatic N) is 1. The summed E-state index contributed by atoms with van der Waals surface area (Å²) in [5.41, 5.74) is 2.26. The molecule has 1 heterocycles. The van der Waals surface area contributed by atoms with Crippen LogP contribution >= 0.6 is 23.2 Å². The molecule has 2 rings (SSSR count). The van der Waals surface area contributed by atoms with Crippen molar-refractivity contribution in [1.82, 2.24) is 4.98 Å². The number of fused-ring (bicyclic) bond motifs is 1. The Morgan fingerprint density at radius 2 is 2.12 bits per heavy atom. The Morgan fingerprint density at radius 3 is 2.75 bits per heavy atom. The van der Waals surface area contributed by atoms with Gasteiger partial charge < -0.3 is 5.32 Å². The Labute approximate surface area is 104 Å². The summed E-state index contributed by atoms with van der Waals surface area (Å²) in [4.78, 5) is 4.23. The molecule has 1 aromatic carbocycles. The summed E-state index contributed by atoms with van der Waals surface area (Å²) in [6, 6.07) is 3.72. The van der Waals surface area contributed by atoms with Crippen LogP contribution in [0.5, 0.6) is 0 Å². The third-order valence-corrected chi connectivity index (χ3v) is 3.21. The van der Waals surface area contributed by atoms with Gasteiger partial charge in [-0.1, -0.05) is 35.9 Å². The number of hydrogen-bond acceptors (Lipinski definition) is 2. The molecule has 1 N–H and O–H groups in total. The van der Waals surface area contributed by atoms with E-state index in [2.05, 4.69) is 16.9 Å². The minimum absolute atomic E-state index is 0.569. The molecule has 1 aromatic heterocycles. The molecule has 4 heteroatoms. The molecule has 2 aromatic rings. The van der Waals surface area contributed by atoms with Gasteiger partial charge in [-0.3, -0.25) is 4.98 Å². The first kappa shape index (κ1) is 11.2. The van der Waals surface area contributed by atoms with Crippen molar-refractivity contribution in [2.75, 3.05) is 12.4 Å². The SMILES string of the molecule is C=Cc1c(NC)c(Cl)c2cccnc2c1Cl. The Morgan fingerprint density at radius 1 is 1.38 bits per heavy atom. The zero-order valence-corrected chi connectivity index (χ0v) is 10.2. The van der Waals surface area contributed by atoms with Crippen molar-refractivity contribution < 1.29 is 0 Å². The van der Waals surface area contributed by atoms with Gasteiger partial charge in [-0.05, 0) is 12.1 Å². The maximum absolute atomic E-state index is 6.29. The fourth-order valence-corrected chi connectivity index (χ4v) is 2.35. The summed E-state index contributed by atoms with van der Waals surface area (Å²) in [5.74, 6) is 0. The van der Waals surface area contributed by atoms with Crippen LogP contribution in [0, 0.1) is 0 Å². The molecule has 0 aliphatic rings. The fraction of sp³-hybridized carbons (Fsp3) is 0.0833. The average molecular weight is 253 g/mol. The lowest BCUT2D eigenvalue weighted by Gasteiger charge is -2.13. The highest BCUT2D eigenvalue weighted by Gasteiger charge is 2.14.